The Morgan fingerprint density at radius 3 is 2.27 bits per heavy atom. The molecule has 146 valence electrons. The molecule has 1 saturated heterocycles. The lowest BCUT2D eigenvalue weighted by atomic mass is 10.00. The standard InChI is InChI=1S/C20H36N6/c1-16(2)15-19(20-21-22-23-26(20)18-9-5-6-10-18)25-13-11-24(12-14-25)17-7-3-4-8-17/h16-19H,3-15H2,1-2H3/p+2/t19-/m1/s1. The molecule has 1 aliphatic heterocycles. The van der Waals surface area contributed by atoms with Gasteiger partial charge < -0.3 is 9.80 Å². The predicted octanol–water partition coefficient (Wildman–Crippen LogP) is 0.601. The van der Waals surface area contributed by atoms with Gasteiger partial charge >= 0.3 is 0 Å². The van der Waals surface area contributed by atoms with E-state index in [1.807, 2.05) is 4.90 Å². The van der Waals surface area contributed by atoms with E-state index in [1.165, 1.54) is 89.8 Å². The monoisotopic (exact) mass is 362 g/mol. The van der Waals surface area contributed by atoms with E-state index >= 15 is 0 Å². The lowest BCUT2D eigenvalue weighted by Crippen LogP contribution is -3.29. The largest absolute Gasteiger partial charge is 0.323 e. The molecule has 0 bridgehead atoms. The molecule has 1 aromatic rings. The van der Waals surface area contributed by atoms with Crippen LogP contribution in [0.15, 0.2) is 0 Å². The van der Waals surface area contributed by atoms with Crippen LogP contribution in [-0.4, -0.2) is 52.4 Å². The van der Waals surface area contributed by atoms with Gasteiger partial charge in [-0.05, 0) is 54.9 Å². The average molecular weight is 363 g/mol. The Balaban J connectivity index is 1.46. The number of tetrazole rings is 1. The van der Waals surface area contributed by atoms with E-state index in [1.54, 1.807) is 4.90 Å². The highest BCUT2D eigenvalue weighted by atomic mass is 15.6. The van der Waals surface area contributed by atoms with Crippen molar-refractivity contribution in [3.05, 3.63) is 5.82 Å². The molecule has 3 fully saturated rings. The summed E-state index contributed by atoms with van der Waals surface area (Å²) in [5.41, 5.74) is 0. The molecule has 1 atom stereocenters. The zero-order valence-electron chi connectivity index (χ0n) is 16.8. The van der Waals surface area contributed by atoms with Crippen LogP contribution in [0.1, 0.15) is 89.5 Å². The smallest absolute Gasteiger partial charge is 0.209 e. The molecule has 6 nitrogen and oxygen atoms in total. The number of nitrogens with one attached hydrogen (secondary N) is 2. The molecule has 4 rings (SSSR count). The molecule has 2 heterocycles. The number of piperazine rings is 1. The summed E-state index contributed by atoms with van der Waals surface area (Å²) < 4.78 is 2.21. The molecule has 6 heteroatoms. The number of quaternary nitrogens is 2. The fourth-order valence-corrected chi connectivity index (χ4v) is 5.75. The molecule has 2 N–H and O–H groups in total. The Kier molecular flexibility index (Phi) is 5.89. The number of nitrogens with zero attached hydrogens (tertiary/aromatic N) is 4. The van der Waals surface area contributed by atoms with Gasteiger partial charge in [0.1, 0.15) is 26.2 Å². The van der Waals surface area contributed by atoms with Crippen molar-refractivity contribution in [3.8, 4) is 0 Å². The molecule has 0 unspecified atom stereocenters. The van der Waals surface area contributed by atoms with Crippen molar-refractivity contribution >= 4 is 0 Å². The van der Waals surface area contributed by atoms with Gasteiger partial charge in [0.05, 0.1) is 12.1 Å². The Bertz CT molecular complexity index is 550. The first kappa shape index (κ1) is 18.4. The fourth-order valence-electron chi connectivity index (χ4n) is 5.75. The van der Waals surface area contributed by atoms with Crippen LogP contribution >= 0.6 is 0 Å². The topological polar surface area (TPSA) is 52.5 Å². The third-order valence-electron chi connectivity index (χ3n) is 7.17. The van der Waals surface area contributed by atoms with Gasteiger partial charge in [0.2, 0.25) is 5.82 Å². The SMILES string of the molecule is CC(C)C[C@H](c1nnnn1C1CCCC1)[NH+]1CC[NH+](C2CCCC2)CC1. The highest BCUT2D eigenvalue weighted by molar-refractivity contribution is 4.92. The molecule has 26 heavy (non-hydrogen) atoms. The van der Waals surface area contributed by atoms with Crippen molar-refractivity contribution in [1.82, 2.24) is 20.2 Å². The summed E-state index contributed by atoms with van der Waals surface area (Å²) in [5, 5.41) is 13.1. The summed E-state index contributed by atoms with van der Waals surface area (Å²) in [6, 6.07) is 1.96. The van der Waals surface area contributed by atoms with E-state index < -0.39 is 0 Å². The van der Waals surface area contributed by atoms with Crippen LogP contribution in [0.5, 0.6) is 0 Å². The van der Waals surface area contributed by atoms with E-state index in [-0.39, 0.29) is 0 Å². The maximum atomic E-state index is 4.56. The van der Waals surface area contributed by atoms with Gasteiger partial charge in [-0.25, -0.2) is 4.68 Å². The van der Waals surface area contributed by atoms with E-state index in [9.17, 15) is 0 Å². The second-order valence-corrected chi connectivity index (χ2v) is 9.40. The van der Waals surface area contributed by atoms with Gasteiger partial charge in [-0.3, -0.25) is 0 Å². The first-order chi connectivity index (χ1) is 12.7. The van der Waals surface area contributed by atoms with Crippen molar-refractivity contribution in [2.75, 3.05) is 26.2 Å². The molecule has 0 aromatic carbocycles. The van der Waals surface area contributed by atoms with Gasteiger partial charge in [0, 0.05) is 6.42 Å². The van der Waals surface area contributed by atoms with Crippen molar-refractivity contribution in [2.24, 2.45) is 5.92 Å². The molecule has 0 amide bonds. The summed E-state index contributed by atoms with van der Waals surface area (Å²) in [6.07, 6.45) is 12.2. The number of rotatable bonds is 6. The van der Waals surface area contributed by atoms with Crippen LogP contribution < -0.4 is 9.80 Å². The first-order valence-corrected chi connectivity index (χ1v) is 11.2. The molecule has 2 aliphatic carbocycles. The van der Waals surface area contributed by atoms with E-state index in [0.717, 1.165) is 6.04 Å². The van der Waals surface area contributed by atoms with Crippen LogP contribution in [-0.2, 0) is 0 Å². The minimum Gasteiger partial charge on any atom is -0.323 e. The van der Waals surface area contributed by atoms with Gasteiger partial charge in [-0.15, -0.1) is 5.10 Å². The van der Waals surface area contributed by atoms with Crippen LogP contribution in [0.25, 0.3) is 0 Å². The van der Waals surface area contributed by atoms with E-state index in [0.29, 0.717) is 18.0 Å². The van der Waals surface area contributed by atoms with Gasteiger partial charge in [0.25, 0.3) is 0 Å². The van der Waals surface area contributed by atoms with Crippen molar-refractivity contribution in [2.45, 2.75) is 89.8 Å². The van der Waals surface area contributed by atoms with Crippen LogP contribution in [0.2, 0.25) is 0 Å². The fraction of sp³-hybridized carbons (Fsp3) is 0.950. The van der Waals surface area contributed by atoms with Gasteiger partial charge in [0.15, 0.2) is 6.04 Å². The Hall–Kier alpha value is -1.01. The minimum atomic E-state index is 0.468. The second-order valence-electron chi connectivity index (χ2n) is 9.40. The zero-order valence-corrected chi connectivity index (χ0v) is 16.8. The molecule has 1 aromatic heterocycles. The van der Waals surface area contributed by atoms with Crippen molar-refractivity contribution < 1.29 is 9.80 Å². The highest BCUT2D eigenvalue weighted by Gasteiger charge is 2.38. The van der Waals surface area contributed by atoms with E-state index in [4.69, 9.17) is 0 Å². The van der Waals surface area contributed by atoms with Crippen LogP contribution in [0.4, 0.5) is 0 Å². The second kappa shape index (κ2) is 8.34. The van der Waals surface area contributed by atoms with Gasteiger partial charge in [-0.1, -0.05) is 26.7 Å². The maximum Gasteiger partial charge on any atom is 0.209 e. The van der Waals surface area contributed by atoms with Crippen LogP contribution in [0.3, 0.4) is 0 Å². The lowest BCUT2D eigenvalue weighted by Gasteiger charge is -2.37. The zero-order chi connectivity index (χ0) is 17.9. The third kappa shape index (κ3) is 3.96. The molecule has 2 saturated carbocycles. The quantitative estimate of drug-likeness (QED) is 0.779. The maximum absolute atomic E-state index is 4.56. The summed E-state index contributed by atoms with van der Waals surface area (Å²) in [5.74, 6) is 1.85. The average Bonchev–Trinajstić information content (AvgIpc) is 3.41. The van der Waals surface area contributed by atoms with Crippen molar-refractivity contribution in [3.63, 3.8) is 0 Å². The normalized spacial score (nSPS) is 29.7. The Labute approximate surface area is 158 Å². The molecule has 0 radical (unpaired) electrons. The number of hydrogen-bond donors (Lipinski definition) is 2. The molecular formula is C20H38N6+2. The third-order valence-corrected chi connectivity index (χ3v) is 7.17. The summed E-state index contributed by atoms with van der Waals surface area (Å²) >= 11 is 0. The molecular weight excluding hydrogens is 324 g/mol. The van der Waals surface area contributed by atoms with Crippen molar-refractivity contribution in [1.29, 1.82) is 0 Å². The predicted molar refractivity (Wildman–Crippen MR) is 101 cm³/mol. The summed E-state index contributed by atoms with van der Waals surface area (Å²) in [4.78, 5) is 3.61. The molecule has 0 spiro atoms. The van der Waals surface area contributed by atoms with Gasteiger partial charge in [-0.2, -0.15) is 0 Å². The Morgan fingerprint density at radius 1 is 0.962 bits per heavy atom. The highest BCUT2D eigenvalue weighted by Crippen LogP contribution is 2.30. The number of hydrogen-bond acceptors (Lipinski definition) is 3. The number of aromatic nitrogens is 4. The minimum absolute atomic E-state index is 0.468. The molecule has 3 aliphatic rings. The lowest BCUT2D eigenvalue weighted by molar-refractivity contribution is -1.04. The first-order valence-electron chi connectivity index (χ1n) is 11.2. The van der Waals surface area contributed by atoms with E-state index in [2.05, 4.69) is 34.1 Å². The summed E-state index contributed by atoms with van der Waals surface area (Å²) in [6.45, 7) is 9.91. The summed E-state index contributed by atoms with van der Waals surface area (Å²) in [7, 11) is 0. The van der Waals surface area contributed by atoms with Crippen LogP contribution in [0, 0.1) is 5.92 Å². The Morgan fingerprint density at radius 2 is 1.62 bits per heavy atom.